The summed E-state index contributed by atoms with van der Waals surface area (Å²) in [6.45, 7) is 0. The number of nitrogen functional groups attached to an aromatic ring is 1. The summed E-state index contributed by atoms with van der Waals surface area (Å²) in [5, 5.41) is 11.2. The molecular weight excluding hydrogens is 300 g/mol. The van der Waals surface area contributed by atoms with E-state index < -0.39 is 11.6 Å². The largest absolute Gasteiger partial charge is 0.396 e. The van der Waals surface area contributed by atoms with Gasteiger partial charge < -0.3 is 5.73 Å². The molecule has 5 nitrogen and oxygen atoms in total. The second-order valence-corrected chi connectivity index (χ2v) is 4.66. The summed E-state index contributed by atoms with van der Waals surface area (Å²) in [7, 11) is 0. The van der Waals surface area contributed by atoms with Crippen molar-refractivity contribution in [3.05, 3.63) is 53.1 Å². The normalized spacial score (nSPS) is 10.8. The van der Waals surface area contributed by atoms with Gasteiger partial charge in [0.05, 0.1) is 16.4 Å². The number of tetrazole rings is 1. The number of hydrogen-bond donors (Lipinski definition) is 1. The highest BCUT2D eigenvalue weighted by Gasteiger charge is 2.13. The van der Waals surface area contributed by atoms with E-state index in [9.17, 15) is 8.78 Å². The van der Waals surface area contributed by atoms with Crippen LogP contribution >= 0.6 is 11.6 Å². The molecule has 1 aromatic heterocycles. The first-order valence-electron chi connectivity index (χ1n) is 5.85. The third kappa shape index (κ3) is 2.43. The minimum absolute atomic E-state index is 0.000555. The molecule has 2 N–H and O–H groups in total. The van der Waals surface area contributed by atoms with E-state index >= 15 is 0 Å². The lowest BCUT2D eigenvalue weighted by molar-refractivity contribution is 0.625. The van der Waals surface area contributed by atoms with Crippen molar-refractivity contribution in [1.29, 1.82) is 0 Å². The van der Waals surface area contributed by atoms with Crippen LogP contribution in [0.1, 0.15) is 0 Å². The Morgan fingerprint density at radius 1 is 1.05 bits per heavy atom. The lowest BCUT2D eigenvalue weighted by Gasteiger charge is -2.06. The maximum atomic E-state index is 13.5. The van der Waals surface area contributed by atoms with Crippen LogP contribution in [0.5, 0.6) is 0 Å². The quantitative estimate of drug-likeness (QED) is 0.739. The molecule has 0 radical (unpaired) electrons. The number of halogens is 3. The van der Waals surface area contributed by atoms with Crippen molar-refractivity contribution in [2.24, 2.45) is 0 Å². The van der Waals surface area contributed by atoms with Gasteiger partial charge in [-0.05, 0) is 40.8 Å². The number of rotatable bonds is 2. The molecule has 0 aliphatic heterocycles. The monoisotopic (exact) mass is 307 g/mol. The number of nitrogens with two attached hydrogens (primary N) is 1. The summed E-state index contributed by atoms with van der Waals surface area (Å²) < 4.78 is 28.1. The molecule has 0 aliphatic rings. The molecular formula is C13H8ClF2N5. The Morgan fingerprint density at radius 3 is 2.57 bits per heavy atom. The Kier molecular flexibility index (Phi) is 3.26. The van der Waals surface area contributed by atoms with Gasteiger partial charge in [-0.2, -0.15) is 4.68 Å². The Morgan fingerprint density at radius 2 is 1.86 bits per heavy atom. The topological polar surface area (TPSA) is 69.6 Å². The van der Waals surface area contributed by atoms with Gasteiger partial charge in [-0.25, -0.2) is 8.78 Å². The summed E-state index contributed by atoms with van der Waals surface area (Å²) in [5.41, 5.74) is 6.40. The number of hydrogen-bond acceptors (Lipinski definition) is 4. The first-order valence-corrected chi connectivity index (χ1v) is 6.23. The van der Waals surface area contributed by atoms with Crippen LogP contribution in [0.25, 0.3) is 17.1 Å². The summed E-state index contributed by atoms with van der Waals surface area (Å²) >= 11 is 5.64. The van der Waals surface area contributed by atoms with Gasteiger partial charge in [0.25, 0.3) is 0 Å². The van der Waals surface area contributed by atoms with Gasteiger partial charge >= 0.3 is 0 Å². The zero-order valence-corrected chi connectivity index (χ0v) is 11.2. The van der Waals surface area contributed by atoms with Gasteiger partial charge in [-0.15, -0.1) is 5.10 Å². The average Bonchev–Trinajstić information content (AvgIpc) is 2.94. The standard InChI is InChI=1S/C13H8ClF2N5/c14-9-3-2-8(6-11(9)16)21-13(18-19-20-21)7-1-4-10(15)12(17)5-7/h1-6H,17H2. The van der Waals surface area contributed by atoms with Crippen molar-refractivity contribution in [2.75, 3.05) is 5.73 Å². The van der Waals surface area contributed by atoms with E-state index in [-0.39, 0.29) is 10.7 Å². The van der Waals surface area contributed by atoms with E-state index in [1.54, 1.807) is 6.07 Å². The first-order chi connectivity index (χ1) is 10.1. The fourth-order valence-corrected chi connectivity index (χ4v) is 1.96. The van der Waals surface area contributed by atoms with E-state index in [2.05, 4.69) is 15.5 Å². The van der Waals surface area contributed by atoms with Crippen LogP contribution in [-0.4, -0.2) is 20.2 Å². The van der Waals surface area contributed by atoms with E-state index in [4.69, 9.17) is 17.3 Å². The number of aromatic nitrogens is 4. The summed E-state index contributed by atoms with van der Waals surface area (Å²) in [6, 6.07) is 8.28. The van der Waals surface area contributed by atoms with Gasteiger partial charge in [-0.1, -0.05) is 11.6 Å². The predicted molar refractivity (Wildman–Crippen MR) is 73.9 cm³/mol. The molecule has 2 aromatic carbocycles. The van der Waals surface area contributed by atoms with Crippen molar-refractivity contribution in [1.82, 2.24) is 20.2 Å². The number of benzene rings is 2. The number of nitrogens with zero attached hydrogens (tertiary/aromatic N) is 4. The second-order valence-electron chi connectivity index (χ2n) is 4.25. The van der Waals surface area contributed by atoms with Crippen molar-refractivity contribution >= 4 is 17.3 Å². The molecule has 106 valence electrons. The molecule has 3 aromatic rings. The van der Waals surface area contributed by atoms with E-state index in [1.165, 1.54) is 35.0 Å². The predicted octanol–water partition coefficient (Wildman–Crippen LogP) is 2.84. The third-order valence-corrected chi connectivity index (χ3v) is 3.18. The van der Waals surface area contributed by atoms with Crippen LogP contribution in [0, 0.1) is 11.6 Å². The molecule has 0 fully saturated rings. The van der Waals surface area contributed by atoms with Crippen LogP contribution in [-0.2, 0) is 0 Å². The number of anilines is 1. The third-order valence-electron chi connectivity index (χ3n) is 2.87. The molecule has 21 heavy (non-hydrogen) atoms. The van der Waals surface area contributed by atoms with Gasteiger partial charge in [0.15, 0.2) is 5.82 Å². The minimum Gasteiger partial charge on any atom is -0.396 e. The highest BCUT2D eigenvalue weighted by atomic mass is 35.5. The molecule has 3 rings (SSSR count). The second kappa shape index (κ2) is 5.10. The molecule has 0 bridgehead atoms. The van der Waals surface area contributed by atoms with E-state index in [1.807, 2.05) is 0 Å². The molecule has 0 unspecified atom stereocenters. The zero-order chi connectivity index (χ0) is 15.0. The molecule has 8 heteroatoms. The Hall–Kier alpha value is -2.54. The fourth-order valence-electron chi connectivity index (χ4n) is 1.84. The summed E-state index contributed by atoms with van der Waals surface area (Å²) in [4.78, 5) is 0. The van der Waals surface area contributed by atoms with Gasteiger partial charge in [0.2, 0.25) is 0 Å². The highest BCUT2D eigenvalue weighted by molar-refractivity contribution is 6.30. The SMILES string of the molecule is Nc1cc(-c2nnnn2-c2ccc(Cl)c(F)c2)ccc1F. The molecule has 0 saturated heterocycles. The Labute approximate surface area is 123 Å². The zero-order valence-electron chi connectivity index (χ0n) is 10.5. The molecule has 0 saturated carbocycles. The smallest absolute Gasteiger partial charge is 0.187 e. The van der Waals surface area contributed by atoms with Crippen molar-refractivity contribution < 1.29 is 8.78 Å². The first kappa shape index (κ1) is 13.4. The fraction of sp³-hybridized carbons (Fsp3) is 0. The summed E-state index contributed by atoms with van der Waals surface area (Å²) in [6.07, 6.45) is 0. The van der Waals surface area contributed by atoms with Crippen molar-refractivity contribution in [3.63, 3.8) is 0 Å². The van der Waals surface area contributed by atoms with Gasteiger partial charge in [0.1, 0.15) is 11.6 Å². The van der Waals surface area contributed by atoms with Crippen LogP contribution in [0.15, 0.2) is 36.4 Å². The lowest BCUT2D eigenvalue weighted by Crippen LogP contribution is -2.01. The summed E-state index contributed by atoms with van der Waals surface area (Å²) in [5.74, 6) is -0.812. The molecule has 0 spiro atoms. The lowest BCUT2D eigenvalue weighted by atomic mass is 10.2. The highest BCUT2D eigenvalue weighted by Crippen LogP contribution is 2.24. The van der Waals surface area contributed by atoms with Crippen molar-refractivity contribution in [2.45, 2.75) is 0 Å². The molecule has 0 aliphatic carbocycles. The molecule has 0 atom stereocenters. The van der Waals surface area contributed by atoms with Crippen molar-refractivity contribution in [3.8, 4) is 17.1 Å². The van der Waals surface area contributed by atoms with E-state index in [0.29, 0.717) is 17.1 Å². The van der Waals surface area contributed by atoms with Gasteiger partial charge in [-0.3, -0.25) is 0 Å². The average molecular weight is 308 g/mol. The van der Waals surface area contributed by atoms with E-state index in [0.717, 1.165) is 0 Å². The minimum atomic E-state index is -0.589. The Bertz CT molecular complexity index is 752. The molecule has 0 amide bonds. The maximum absolute atomic E-state index is 13.5. The van der Waals surface area contributed by atoms with Crippen LogP contribution in [0.4, 0.5) is 14.5 Å². The molecule has 1 heterocycles. The van der Waals surface area contributed by atoms with Crippen LogP contribution in [0.2, 0.25) is 5.02 Å². The van der Waals surface area contributed by atoms with Crippen LogP contribution < -0.4 is 5.73 Å². The Balaban J connectivity index is 2.12. The van der Waals surface area contributed by atoms with Gasteiger partial charge in [0, 0.05) is 11.6 Å². The van der Waals surface area contributed by atoms with Crippen LogP contribution in [0.3, 0.4) is 0 Å². The maximum Gasteiger partial charge on any atom is 0.187 e.